The molecule has 2 saturated heterocycles. The quantitative estimate of drug-likeness (QED) is 0.454. The second kappa shape index (κ2) is 9.52. The molecular formula is C28H44N2O3. The number of nitrogens with zero attached hydrogens (tertiary/aromatic N) is 2. The van der Waals surface area contributed by atoms with E-state index in [-0.39, 0.29) is 28.1 Å². The molecule has 33 heavy (non-hydrogen) atoms. The van der Waals surface area contributed by atoms with Crippen LogP contribution in [0.1, 0.15) is 99.5 Å². The lowest BCUT2D eigenvalue weighted by molar-refractivity contribution is -0.274. The first-order chi connectivity index (χ1) is 15.3. The minimum absolute atomic E-state index is 0.0507. The van der Waals surface area contributed by atoms with E-state index in [9.17, 15) is 4.79 Å². The average molecular weight is 457 g/mol. The topological polar surface area (TPSA) is 42.0 Å². The lowest BCUT2D eigenvalue weighted by atomic mass is 9.82. The monoisotopic (exact) mass is 456 g/mol. The van der Waals surface area contributed by atoms with Crippen molar-refractivity contribution in [2.24, 2.45) is 0 Å². The van der Waals surface area contributed by atoms with Crippen LogP contribution in [0.4, 0.5) is 0 Å². The van der Waals surface area contributed by atoms with Crippen molar-refractivity contribution in [2.45, 2.75) is 116 Å². The Balaban J connectivity index is 1.83. The average Bonchev–Trinajstić information content (AvgIpc) is 2.69. The number of piperidine rings is 2. The Bertz CT molecular complexity index is 823. The number of hydrogen-bond donors (Lipinski definition) is 0. The van der Waals surface area contributed by atoms with E-state index in [1.165, 1.54) is 6.42 Å². The van der Waals surface area contributed by atoms with Crippen LogP contribution in [0.5, 0.6) is 0 Å². The van der Waals surface area contributed by atoms with E-state index >= 15 is 0 Å². The summed E-state index contributed by atoms with van der Waals surface area (Å²) in [5.41, 5.74) is 0.862. The summed E-state index contributed by atoms with van der Waals surface area (Å²) in [5.74, 6) is -0.329. The summed E-state index contributed by atoms with van der Waals surface area (Å²) in [7, 11) is 0. The summed E-state index contributed by atoms with van der Waals surface area (Å²) in [5, 5.41) is 4.05. The smallest absolute Gasteiger partial charge is 0.357 e. The van der Waals surface area contributed by atoms with Gasteiger partial charge in [0.05, 0.1) is 23.3 Å². The van der Waals surface area contributed by atoms with Gasteiger partial charge in [0.15, 0.2) is 0 Å². The Morgan fingerprint density at radius 1 is 0.788 bits per heavy atom. The van der Waals surface area contributed by atoms with Crippen molar-refractivity contribution in [1.82, 2.24) is 10.1 Å². The molecule has 0 radical (unpaired) electrons. The number of benzene rings is 1. The maximum atomic E-state index is 13.5. The molecule has 0 unspecified atom stereocenters. The predicted octanol–water partition coefficient (Wildman–Crippen LogP) is 6.55. The van der Waals surface area contributed by atoms with E-state index in [4.69, 9.17) is 9.68 Å². The maximum absolute atomic E-state index is 13.5. The van der Waals surface area contributed by atoms with Gasteiger partial charge in [-0.05, 0) is 106 Å². The molecule has 184 valence electrons. The molecule has 2 fully saturated rings. The zero-order chi connectivity index (χ0) is 24.5. The molecule has 0 saturated carbocycles. The highest BCUT2D eigenvalue weighted by molar-refractivity contribution is 6.16. The largest absolute Gasteiger partial charge is 0.363 e. The van der Waals surface area contributed by atoms with Crippen LogP contribution in [0.2, 0.25) is 0 Å². The van der Waals surface area contributed by atoms with E-state index in [1.54, 1.807) is 0 Å². The molecule has 0 atom stereocenters. The van der Waals surface area contributed by atoms with Crippen molar-refractivity contribution < 1.29 is 14.5 Å². The first-order valence-electron chi connectivity index (χ1n) is 12.5. The number of hydroxylamine groups is 4. The number of hydrogen-bond acceptors (Lipinski definition) is 5. The Morgan fingerprint density at radius 3 is 1.73 bits per heavy atom. The highest BCUT2D eigenvalue weighted by Crippen LogP contribution is 2.40. The summed E-state index contributed by atoms with van der Waals surface area (Å²) >= 11 is 0. The van der Waals surface area contributed by atoms with Crippen LogP contribution in [-0.2, 0) is 14.5 Å². The first kappa shape index (κ1) is 25.9. The molecule has 2 aliphatic heterocycles. The molecular weight excluding hydrogens is 412 g/mol. The molecule has 1 aromatic rings. The molecule has 5 nitrogen and oxygen atoms in total. The van der Waals surface area contributed by atoms with Gasteiger partial charge in [-0.25, -0.2) is 4.79 Å². The van der Waals surface area contributed by atoms with Crippen LogP contribution < -0.4 is 0 Å². The fourth-order valence-corrected chi connectivity index (χ4v) is 5.81. The van der Waals surface area contributed by atoms with Gasteiger partial charge in [-0.3, -0.25) is 4.84 Å². The molecule has 0 aromatic heterocycles. The normalized spacial score (nSPS) is 24.9. The van der Waals surface area contributed by atoms with E-state index in [2.05, 4.69) is 60.5 Å². The van der Waals surface area contributed by atoms with Gasteiger partial charge >= 0.3 is 5.97 Å². The second-order valence-electron chi connectivity index (χ2n) is 12.2. The van der Waals surface area contributed by atoms with Crippen LogP contribution in [0.25, 0.3) is 5.57 Å². The van der Waals surface area contributed by atoms with Gasteiger partial charge in [0.1, 0.15) is 0 Å². The van der Waals surface area contributed by atoms with Crippen LogP contribution >= 0.6 is 0 Å². The van der Waals surface area contributed by atoms with Gasteiger partial charge in [-0.2, -0.15) is 5.06 Å². The van der Waals surface area contributed by atoms with E-state index < -0.39 is 0 Å². The Labute approximate surface area is 201 Å². The second-order valence-corrected chi connectivity index (χ2v) is 12.2. The van der Waals surface area contributed by atoms with Gasteiger partial charge in [0.25, 0.3) is 0 Å². The summed E-state index contributed by atoms with van der Waals surface area (Å²) in [4.78, 5) is 26.0. The lowest BCUT2D eigenvalue weighted by Crippen LogP contribution is -2.59. The van der Waals surface area contributed by atoms with Gasteiger partial charge in [0.2, 0.25) is 0 Å². The number of rotatable bonds is 6. The summed E-state index contributed by atoms with van der Waals surface area (Å²) < 4.78 is 0. The number of carbonyl (C=O) groups is 1. The minimum Gasteiger partial charge on any atom is -0.363 e. The Kier molecular flexibility index (Phi) is 7.48. The van der Waals surface area contributed by atoms with Gasteiger partial charge in [0, 0.05) is 11.1 Å². The van der Waals surface area contributed by atoms with Gasteiger partial charge in [-0.1, -0.05) is 30.3 Å². The van der Waals surface area contributed by atoms with Gasteiger partial charge in [-0.15, -0.1) is 5.06 Å². The molecule has 2 aliphatic rings. The van der Waals surface area contributed by atoms with Crippen LogP contribution in [0, 0.1) is 0 Å². The Hall–Kier alpha value is -1.69. The van der Waals surface area contributed by atoms with Gasteiger partial charge < -0.3 is 4.84 Å². The standard InChI is InChI=1S/C28H44N2O3/c1-25(2)17-12-18-26(3,4)29(25)32-21-16-23(22-14-10-9-11-15-22)24(31)33-30-27(5,6)19-13-20-28(30,7)8/h9-11,14-16H,12-13,17-21H2,1-8H3/b23-16-. The first-order valence-corrected chi connectivity index (χ1v) is 12.5. The Morgan fingerprint density at radius 2 is 1.24 bits per heavy atom. The highest BCUT2D eigenvalue weighted by atomic mass is 16.7. The third-order valence-corrected chi connectivity index (χ3v) is 7.32. The third-order valence-electron chi connectivity index (χ3n) is 7.32. The van der Waals surface area contributed by atoms with E-state index in [0.29, 0.717) is 12.2 Å². The van der Waals surface area contributed by atoms with E-state index in [0.717, 1.165) is 37.7 Å². The van der Waals surface area contributed by atoms with Crippen molar-refractivity contribution in [3.8, 4) is 0 Å². The molecule has 0 N–H and O–H groups in total. The van der Waals surface area contributed by atoms with Crippen LogP contribution in [-0.4, -0.2) is 44.9 Å². The fraction of sp³-hybridized carbons (Fsp3) is 0.679. The van der Waals surface area contributed by atoms with Crippen LogP contribution in [0.3, 0.4) is 0 Å². The molecule has 3 rings (SSSR count). The fourth-order valence-electron chi connectivity index (χ4n) is 5.81. The van der Waals surface area contributed by atoms with Crippen LogP contribution in [0.15, 0.2) is 36.4 Å². The van der Waals surface area contributed by atoms with Crippen molar-refractivity contribution >= 4 is 11.5 Å². The molecule has 5 heteroatoms. The van der Waals surface area contributed by atoms with Crippen molar-refractivity contribution in [2.75, 3.05) is 6.61 Å². The maximum Gasteiger partial charge on any atom is 0.357 e. The minimum atomic E-state index is -0.329. The molecule has 0 spiro atoms. The zero-order valence-corrected chi connectivity index (χ0v) is 22.0. The molecule has 0 aliphatic carbocycles. The summed E-state index contributed by atoms with van der Waals surface area (Å²) in [6.07, 6.45) is 8.37. The lowest BCUT2D eigenvalue weighted by Gasteiger charge is -2.51. The molecule has 0 bridgehead atoms. The highest BCUT2D eigenvalue weighted by Gasteiger charge is 2.45. The SMILES string of the molecule is CC1(C)CCCC(C)(C)N1OC/C=C(\C(=O)ON1C(C)(C)CCCC1(C)C)c1ccccc1. The summed E-state index contributed by atoms with van der Waals surface area (Å²) in [6, 6.07) is 9.76. The summed E-state index contributed by atoms with van der Waals surface area (Å²) in [6.45, 7) is 17.8. The van der Waals surface area contributed by atoms with Crippen molar-refractivity contribution in [1.29, 1.82) is 0 Å². The third kappa shape index (κ3) is 5.87. The predicted molar refractivity (Wildman–Crippen MR) is 134 cm³/mol. The molecule has 1 aromatic carbocycles. The molecule has 2 heterocycles. The zero-order valence-electron chi connectivity index (χ0n) is 22.0. The number of carbonyl (C=O) groups excluding carboxylic acids is 1. The van der Waals surface area contributed by atoms with E-state index in [1.807, 2.05) is 41.5 Å². The van der Waals surface area contributed by atoms with Crippen molar-refractivity contribution in [3.05, 3.63) is 42.0 Å². The van der Waals surface area contributed by atoms with Crippen molar-refractivity contribution in [3.63, 3.8) is 0 Å². The molecule has 0 amide bonds.